The van der Waals surface area contributed by atoms with Crippen LogP contribution in [0.15, 0.2) is 59.5 Å². The fourth-order valence-electron chi connectivity index (χ4n) is 2.99. The molecule has 1 fully saturated rings. The lowest BCUT2D eigenvalue weighted by Gasteiger charge is -2.18. The Morgan fingerprint density at radius 1 is 1.19 bits per heavy atom. The zero-order valence-electron chi connectivity index (χ0n) is 16.7. The largest absolute Gasteiger partial charge is 0.434 e. The second kappa shape index (κ2) is 10.5. The quantitative estimate of drug-likeness (QED) is 0.411. The standard InChI is InChI=1S/C22H20F2N2O3S2/c1-25(16-9-3-2-4-10-16)19(27)12-7-13-26-20(28)18(31-22(26)30)14-15-8-5-6-11-17(15)29-21(23)24/h2-6,8-11,14,21H,7,12-13H2,1H3/b18-14+. The van der Waals surface area contributed by atoms with Crippen LogP contribution < -0.4 is 9.64 Å². The number of hydrogen-bond donors (Lipinski definition) is 0. The summed E-state index contributed by atoms with van der Waals surface area (Å²) < 4.78 is 30.1. The molecular weight excluding hydrogens is 442 g/mol. The highest BCUT2D eigenvalue weighted by molar-refractivity contribution is 8.26. The lowest BCUT2D eigenvalue weighted by molar-refractivity contribution is -0.123. The van der Waals surface area contributed by atoms with Crippen molar-refractivity contribution in [1.82, 2.24) is 4.90 Å². The molecule has 162 valence electrons. The highest BCUT2D eigenvalue weighted by atomic mass is 32.2. The van der Waals surface area contributed by atoms with E-state index in [9.17, 15) is 18.4 Å². The van der Waals surface area contributed by atoms with E-state index in [1.807, 2.05) is 30.3 Å². The Morgan fingerprint density at radius 2 is 1.87 bits per heavy atom. The molecule has 0 spiro atoms. The van der Waals surface area contributed by atoms with Crippen LogP contribution >= 0.6 is 24.0 Å². The van der Waals surface area contributed by atoms with Gasteiger partial charge in [-0.2, -0.15) is 8.78 Å². The van der Waals surface area contributed by atoms with E-state index in [1.54, 1.807) is 30.1 Å². The molecule has 0 bridgehead atoms. The highest BCUT2D eigenvalue weighted by Gasteiger charge is 2.32. The molecule has 0 atom stereocenters. The summed E-state index contributed by atoms with van der Waals surface area (Å²) in [6, 6.07) is 15.5. The van der Waals surface area contributed by atoms with E-state index in [-0.39, 0.29) is 24.0 Å². The van der Waals surface area contributed by atoms with Crippen molar-refractivity contribution < 1.29 is 23.1 Å². The minimum absolute atomic E-state index is 0.0164. The number of hydrogen-bond acceptors (Lipinski definition) is 5. The van der Waals surface area contributed by atoms with E-state index in [1.165, 1.54) is 17.0 Å². The maximum absolute atomic E-state index is 12.7. The Labute approximate surface area is 188 Å². The van der Waals surface area contributed by atoms with Crippen molar-refractivity contribution in [3.8, 4) is 5.75 Å². The summed E-state index contributed by atoms with van der Waals surface area (Å²) in [5.74, 6) is -0.395. The number of benzene rings is 2. The van der Waals surface area contributed by atoms with Crippen molar-refractivity contribution in [3.63, 3.8) is 0 Å². The maximum Gasteiger partial charge on any atom is 0.387 e. The lowest BCUT2D eigenvalue weighted by atomic mass is 10.2. The number of amides is 2. The Hall–Kier alpha value is -2.78. The molecule has 0 radical (unpaired) electrons. The van der Waals surface area contributed by atoms with Crippen LogP contribution in [0.1, 0.15) is 18.4 Å². The SMILES string of the molecule is CN(C(=O)CCCN1C(=O)/C(=C\c2ccccc2OC(F)F)SC1=S)c1ccccc1. The molecule has 0 aromatic heterocycles. The van der Waals surface area contributed by atoms with Crippen molar-refractivity contribution in [2.45, 2.75) is 19.5 Å². The van der Waals surface area contributed by atoms with E-state index in [0.717, 1.165) is 17.4 Å². The van der Waals surface area contributed by atoms with E-state index < -0.39 is 6.61 Å². The Kier molecular flexibility index (Phi) is 7.75. The van der Waals surface area contributed by atoms with Gasteiger partial charge in [0, 0.05) is 31.3 Å². The molecule has 31 heavy (non-hydrogen) atoms. The van der Waals surface area contributed by atoms with Crippen LogP contribution in [-0.2, 0) is 9.59 Å². The number of alkyl halides is 2. The third-order valence-corrected chi connectivity index (χ3v) is 5.96. The number of anilines is 1. The minimum atomic E-state index is -2.96. The Balaban J connectivity index is 1.61. The highest BCUT2D eigenvalue weighted by Crippen LogP contribution is 2.34. The van der Waals surface area contributed by atoms with Gasteiger partial charge < -0.3 is 9.64 Å². The van der Waals surface area contributed by atoms with Crippen LogP contribution in [-0.4, -0.2) is 41.2 Å². The Bertz CT molecular complexity index is 999. The van der Waals surface area contributed by atoms with E-state index >= 15 is 0 Å². The first-order chi connectivity index (χ1) is 14.9. The van der Waals surface area contributed by atoms with Crippen molar-refractivity contribution >= 4 is 51.9 Å². The number of nitrogens with zero attached hydrogens (tertiary/aromatic N) is 2. The van der Waals surface area contributed by atoms with Gasteiger partial charge in [0.05, 0.1) is 4.91 Å². The number of ether oxygens (including phenoxy) is 1. The number of carbonyl (C=O) groups is 2. The van der Waals surface area contributed by atoms with Gasteiger partial charge in [-0.25, -0.2) is 0 Å². The topological polar surface area (TPSA) is 49.9 Å². The van der Waals surface area contributed by atoms with Gasteiger partial charge in [-0.15, -0.1) is 0 Å². The molecule has 3 rings (SSSR count). The number of para-hydroxylation sites is 2. The molecule has 1 aliphatic heterocycles. The first-order valence-corrected chi connectivity index (χ1v) is 10.7. The van der Waals surface area contributed by atoms with Crippen molar-refractivity contribution in [2.75, 3.05) is 18.5 Å². The minimum Gasteiger partial charge on any atom is -0.434 e. The zero-order valence-corrected chi connectivity index (χ0v) is 18.3. The molecule has 0 unspecified atom stereocenters. The first-order valence-electron chi connectivity index (χ1n) is 9.47. The van der Waals surface area contributed by atoms with Gasteiger partial charge >= 0.3 is 6.61 Å². The molecule has 0 N–H and O–H groups in total. The van der Waals surface area contributed by atoms with Gasteiger partial charge in [-0.05, 0) is 30.7 Å². The van der Waals surface area contributed by atoms with E-state index in [0.29, 0.717) is 27.8 Å². The summed E-state index contributed by atoms with van der Waals surface area (Å²) in [6.45, 7) is -2.67. The number of rotatable bonds is 8. The van der Waals surface area contributed by atoms with Crippen LogP contribution in [0.25, 0.3) is 6.08 Å². The molecule has 2 aromatic carbocycles. The van der Waals surface area contributed by atoms with Crippen LogP contribution in [0.4, 0.5) is 14.5 Å². The van der Waals surface area contributed by atoms with Gasteiger partial charge in [-0.1, -0.05) is 60.4 Å². The molecule has 0 aliphatic carbocycles. The molecule has 9 heteroatoms. The lowest BCUT2D eigenvalue weighted by Crippen LogP contribution is -2.31. The monoisotopic (exact) mass is 462 g/mol. The van der Waals surface area contributed by atoms with Crippen molar-refractivity contribution in [3.05, 3.63) is 65.1 Å². The molecular formula is C22H20F2N2O3S2. The number of thiocarbonyl (C=S) groups is 1. The Morgan fingerprint density at radius 3 is 2.58 bits per heavy atom. The zero-order chi connectivity index (χ0) is 22.4. The summed E-state index contributed by atoms with van der Waals surface area (Å²) in [5, 5.41) is 0. The number of halogens is 2. The summed E-state index contributed by atoms with van der Waals surface area (Å²) >= 11 is 6.40. The fourth-order valence-corrected chi connectivity index (χ4v) is 4.29. The van der Waals surface area contributed by atoms with Crippen LogP contribution in [0, 0.1) is 0 Å². The van der Waals surface area contributed by atoms with E-state index in [4.69, 9.17) is 12.2 Å². The molecule has 1 heterocycles. The normalized spacial score (nSPS) is 15.1. The van der Waals surface area contributed by atoms with Gasteiger partial charge in [0.25, 0.3) is 5.91 Å². The maximum atomic E-state index is 12.7. The second-order valence-corrected chi connectivity index (χ2v) is 8.32. The predicted molar refractivity (Wildman–Crippen MR) is 122 cm³/mol. The third kappa shape index (κ3) is 5.89. The van der Waals surface area contributed by atoms with Crippen molar-refractivity contribution in [2.24, 2.45) is 0 Å². The molecule has 1 saturated heterocycles. The summed E-state index contributed by atoms with van der Waals surface area (Å²) in [4.78, 5) is 28.5. The summed E-state index contributed by atoms with van der Waals surface area (Å²) in [7, 11) is 1.71. The van der Waals surface area contributed by atoms with Crippen LogP contribution in [0.2, 0.25) is 0 Å². The van der Waals surface area contributed by atoms with Gasteiger partial charge in [0.15, 0.2) is 0 Å². The van der Waals surface area contributed by atoms with Crippen LogP contribution in [0.3, 0.4) is 0 Å². The smallest absolute Gasteiger partial charge is 0.387 e. The third-order valence-electron chi connectivity index (χ3n) is 4.59. The fraction of sp³-hybridized carbons (Fsp3) is 0.227. The second-order valence-electron chi connectivity index (χ2n) is 6.64. The molecule has 0 saturated carbocycles. The molecule has 1 aliphatic rings. The molecule has 2 aromatic rings. The van der Waals surface area contributed by atoms with E-state index in [2.05, 4.69) is 4.74 Å². The number of carbonyl (C=O) groups excluding carboxylic acids is 2. The average Bonchev–Trinajstić information content (AvgIpc) is 3.02. The van der Waals surface area contributed by atoms with Gasteiger partial charge in [0.1, 0.15) is 10.1 Å². The first kappa shape index (κ1) is 22.9. The average molecular weight is 463 g/mol. The molecule has 5 nitrogen and oxygen atoms in total. The molecule has 2 amide bonds. The van der Waals surface area contributed by atoms with Crippen LogP contribution in [0.5, 0.6) is 5.75 Å². The summed E-state index contributed by atoms with van der Waals surface area (Å²) in [5.41, 5.74) is 1.16. The van der Waals surface area contributed by atoms with Gasteiger partial charge in [0.2, 0.25) is 5.91 Å². The number of thioether (sulfide) groups is 1. The summed E-state index contributed by atoms with van der Waals surface area (Å²) in [6.07, 6.45) is 2.19. The van der Waals surface area contributed by atoms with Crippen molar-refractivity contribution in [1.29, 1.82) is 0 Å². The van der Waals surface area contributed by atoms with Gasteiger partial charge in [-0.3, -0.25) is 14.5 Å². The predicted octanol–water partition coefficient (Wildman–Crippen LogP) is 4.93.